The van der Waals surface area contributed by atoms with Crippen LogP contribution in [0.1, 0.15) is 18.4 Å². The highest BCUT2D eigenvalue weighted by Crippen LogP contribution is 2.23. The molecule has 7 heteroatoms. The Bertz CT molecular complexity index is 522. The summed E-state index contributed by atoms with van der Waals surface area (Å²) in [5.74, 6) is 0.787. The molecular weight excluding hydrogens is 441 g/mol. The summed E-state index contributed by atoms with van der Waals surface area (Å²) in [5, 5.41) is 7.46. The number of nitrogens with zero attached hydrogens (tertiary/aromatic N) is 1. The van der Waals surface area contributed by atoms with Crippen molar-refractivity contribution in [2.24, 2.45) is 4.99 Å². The molecule has 0 bridgehead atoms. The summed E-state index contributed by atoms with van der Waals surface area (Å²) in [7, 11) is 3.54. The molecule has 0 aliphatic carbocycles. The Morgan fingerprint density at radius 1 is 1.33 bits per heavy atom. The molecule has 2 rings (SSSR count). The van der Waals surface area contributed by atoms with Gasteiger partial charge in [-0.25, -0.2) is 0 Å². The number of ether oxygens (including phenoxy) is 2. The van der Waals surface area contributed by atoms with E-state index >= 15 is 0 Å². The third kappa shape index (κ3) is 6.74. The maximum Gasteiger partial charge on any atom is 0.191 e. The fourth-order valence-corrected chi connectivity index (χ4v) is 2.89. The Balaban J connectivity index is 0.00000288. The van der Waals surface area contributed by atoms with Gasteiger partial charge in [0.05, 0.1) is 5.60 Å². The lowest BCUT2D eigenvalue weighted by molar-refractivity contribution is -0.0855. The number of guanidine groups is 1. The first-order valence-electron chi connectivity index (χ1n) is 7.99. The number of aliphatic imine (C=N–C) groups is 1. The maximum absolute atomic E-state index is 6.00. The van der Waals surface area contributed by atoms with Gasteiger partial charge in [0.15, 0.2) is 5.96 Å². The van der Waals surface area contributed by atoms with Crippen molar-refractivity contribution in [2.75, 3.05) is 40.5 Å². The fourth-order valence-electron chi connectivity index (χ4n) is 2.68. The van der Waals surface area contributed by atoms with Gasteiger partial charge in [-0.3, -0.25) is 4.99 Å². The number of hydrogen-bond acceptors (Lipinski definition) is 3. The molecule has 24 heavy (non-hydrogen) atoms. The molecular formula is C17H27ClIN3O2. The van der Waals surface area contributed by atoms with Crippen LogP contribution >= 0.6 is 35.6 Å². The monoisotopic (exact) mass is 467 g/mol. The average molecular weight is 468 g/mol. The Kier molecular flexibility index (Phi) is 9.95. The van der Waals surface area contributed by atoms with Crippen molar-refractivity contribution in [3.8, 4) is 0 Å². The van der Waals surface area contributed by atoms with Gasteiger partial charge >= 0.3 is 0 Å². The molecule has 136 valence electrons. The Morgan fingerprint density at radius 3 is 2.71 bits per heavy atom. The van der Waals surface area contributed by atoms with Gasteiger partial charge in [0.2, 0.25) is 0 Å². The van der Waals surface area contributed by atoms with Crippen LogP contribution < -0.4 is 10.6 Å². The average Bonchev–Trinajstić information content (AvgIpc) is 2.59. The van der Waals surface area contributed by atoms with E-state index in [1.807, 2.05) is 18.2 Å². The van der Waals surface area contributed by atoms with Crippen molar-refractivity contribution in [3.63, 3.8) is 0 Å². The van der Waals surface area contributed by atoms with Crippen molar-refractivity contribution in [3.05, 3.63) is 34.9 Å². The van der Waals surface area contributed by atoms with E-state index in [1.54, 1.807) is 14.2 Å². The van der Waals surface area contributed by atoms with Crippen molar-refractivity contribution < 1.29 is 9.47 Å². The number of halogens is 2. The number of rotatable bonds is 6. The molecule has 2 N–H and O–H groups in total. The molecule has 1 aliphatic heterocycles. The van der Waals surface area contributed by atoms with Gasteiger partial charge < -0.3 is 20.1 Å². The number of nitrogens with one attached hydrogen (secondary N) is 2. The summed E-state index contributed by atoms with van der Waals surface area (Å²) in [5.41, 5.74) is 1.04. The molecule has 0 aromatic heterocycles. The minimum Gasteiger partial charge on any atom is -0.381 e. The molecule has 5 nitrogen and oxygen atoms in total. The van der Waals surface area contributed by atoms with Crippen LogP contribution in [0.4, 0.5) is 0 Å². The van der Waals surface area contributed by atoms with E-state index in [0.29, 0.717) is 0 Å². The zero-order chi connectivity index (χ0) is 16.5. The van der Waals surface area contributed by atoms with Crippen LogP contribution in [-0.4, -0.2) is 52.0 Å². The van der Waals surface area contributed by atoms with Gasteiger partial charge in [0.1, 0.15) is 0 Å². The Labute approximate surface area is 166 Å². The first-order chi connectivity index (χ1) is 11.2. The van der Waals surface area contributed by atoms with E-state index in [4.69, 9.17) is 21.1 Å². The second-order valence-electron chi connectivity index (χ2n) is 5.73. The Morgan fingerprint density at radius 2 is 2.08 bits per heavy atom. The first kappa shape index (κ1) is 21.5. The second kappa shape index (κ2) is 11.1. The van der Waals surface area contributed by atoms with Crippen LogP contribution in [0, 0.1) is 0 Å². The number of benzene rings is 1. The van der Waals surface area contributed by atoms with Gasteiger partial charge in [-0.15, -0.1) is 24.0 Å². The standard InChI is InChI=1S/C17H26ClN3O2.HI/c1-19-16(20-9-6-14-4-3-5-15(18)12-14)21-13-17(22-2)7-10-23-11-8-17;/h3-5,12H,6-11,13H2,1-2H3,(H2,19,20,21);1H. The minimum atomic E-state index is -0.164. The number of methoxy groups -OCH3 is 1. The minimum absolute atomic E-state index is 0. The van der Waals surface area contributed by atoms with Crippen LogP contribution in [0.3, 0.4) is 0 Å². The molecule has 0 amide bonds. The molecule has 0 atom stereocenters. The zero-order valence-corrected chi connectivity index (χ0v) is 17.4. The molecule has 1 aromatic carbocycles. The summed E-state index contributed by atoms with van der Waals surface area (Å²) >= 11 is 6.00. The van der Waals surface area contributed by atoms with Gasteiger partial charge in [0, 0.05) is 58.3 Å². The lowest BCUT2D eigenvalue weighted by Gasteiger charge is -2.36. The smallest absolute Gasteiger partial charge is 0.191 e. The molecule has 0 unspecified atom stereocenters. The predicted octanol–water partition coefficient (Wildman–Crippen LogP) is 2.86. The summed E-state index contributed by atoms with van der Waals surface area (Å²) in [6, 6.07) is 7.92. The van der Waals surface area contributed by atoms with Gasteiger partial charge in [-0.05, 0) is 24.1 Å². The molecule has 0 saturated carbocycles. The molecule has 1 aromatic rings. The van der Waals surface area contributed by atoms with Crippen LogP contribution in [0.5, 0.6) is 0 Å². The highest BCUT2D eigenvalue weighted by molar-refractivity contribution is 14.0. The maximum atomic E-state index is 6.00. The van der Waals surface area contributed by atoms with Crippen LogP contribution in [0.2, 0.25) is 5.02 Å². The quantitative estimate of drug-likeness (QED) is 0.384. The third-order valence-corrected chi connectivity index (χ3v) is 4.47. The van der Waals surface area contributed by atoms with Crippen molar-refractivity contribution in [1.29, 1.82) is 0 Å². The lowest BCUT2D eigenvalue weighted by atomic mass is 9.94. The molecule has 0 radical (unpaired) electrons. The van der Waals surface area contributed by atoms with Crippen LogP contribution in [0.15, 0.2) is 29.3 Å². The largest absolute Gasteiger partial charge is 0.381 e. The zero-order valence-electron chi connectivity index (χ0n) is 14.3. The van der Waals surface area contributed by atoms with Crippen LogP contribution in [0.25, 0.3) is 0 Å². The van der Waals surface area contributed by atoms with Crippen molar-refractivity contribution in [1.82, 2.24) is 10.6 Å². The highest BCUT2D eigenvalue weighted by Gasteiger charge is 2.32. The molecule has 1 heterocycles. The van der Waals surface area contributed by atoms with E-state index in [-0.39, 0.29) is 29.6 Å². The second-order valence-corrected chi connectivity index (χ2v) is 6.17. The van der Waals surface area contributed by atoms with E-state index in [2.05, 4.69) is 21.7 Å². The molecule has 1 fully saturated rings. The molecule has 1 saturated heterocycles. The molecule has 1 aliphatic rings. The molecule has 0 spiro atoms. The van der Waals surface area contributed by atoms with Crippen LogP contribution in [-0.2, 0) is 15.9 Å². The Hall–Kier alpha value is -0.570. The predicted molar refractivity (Wildman–Crippen MR) is 110 cm³/mol. The van der Waals surface area contributed by atoms with E-state index in [0.717, 1.165) is 56.5 Å². The third-order valence-electron chi connectivity index (χ3n) is 4.23. The van der Waals surface area contributed by atoms with Gasteiger partial charge in [0.25, 0.3) is 0 Å². The normalized spacial score (nSPS) is 17.0. The van der Waals surface area contributed by atoms with Gasteiger partial charge in [-0.1, -0.05) is 23.7 Å². The summed E-state index contributed by atoms with van der Waals surface area (Å²) < 4.78 is 11.1. The highest BCUT2D eigenvalue weighted by atomic mass is 127. The van der Waals surface area contributed by atoms with Crippen molar-refractivity contribution >= 4 is 41.5 Å². The van der Waals surface area contributed by atoms with E-state index < -0.39 is 0 Å². The number of hydrogen-bond donors (Lipinski definition) is 2. The lowest BCUT2D eigenvalue weighted by Crippen LogP contribution is -2.51. The summed E-state index contributed by atoms with van der Waals surface area (Å²) in [6.45, 7) is 3.01. The van der Waals surface area contributed by atoms with E-state index in [1.165, 1.54) is 5.56 Å². The summed E-state index contributed by atoms with van der Waals surface area (Å²) in [4.78, 5) is 4.27. The fraction of sp³-hybridized carbons (Fsp3) is 0.588. The van der Waals surface area contributed by atoms with Gasteiger partial charge in [-0.2, -0.15) is 0 Å². The van der Waals surface area contributed by atoms with Crippen molar-refractivity contribution in [2.45, 2.75) is 24.9 Å². The van der Waals surface area contributed by atoms with E-state index in [9.17, 15) is 0 Å². The topological polar surface area (TPSA) is 54.9 Å². The SMILES string of the molecule is CN=C(NCCc1cccc(Cl)c1)NCC1(OC)CCOCC1.I. The summed E-state index contributed by atoms with van der Waals surface area (Å²) in [6.07, 6.45) is 2.69. The first-order valence-corrected chi connectivity index (χ1v) is 8.37.